The van der Waals surface area contributed by atoms with Crippen LogP contribution in [0.1, 0.15) is 38.2 Å². The summed E-state index contributed by atoms with van der Waals surface area (Å²) in [5.74, 6) is 1.29. The fourth-order valence-corrected chi connectivity index (χ4v) is 3.09. The van der Waals surface area contributed by atoms with Crippen LogP contribution < -0.4 is 10.1 Å². The molecule has 1 saturated carbocycles. The summed E-state index contributed by atoms with van der Waals surface area (Å²) in [5.41, 5.74) is 1.00. The van der Waals surface area contributed by atoms with E-state index >= 15 is 0 Å². The molecule has 20 heavy (non-hydrogen) atoms. The van der Waals surface area contributed by atoms with E-state index in [4.69, 9.17) is 4.74 Å². The third-order valence-corrected chi connectivity index (χ3v) is 4.14. The van der Waals surface area contributed by atoms with E-state index in [1.165, 1.54) is 6.42 Å². The number of rotatable bonds is 4. The molecule has 0 aromatic heterocycles. The minimum atomic E-state index is -0.324. The highest BCUT2D eigenvalue weighted by molar-refractivity contribution is 5.61. The van der Waals surface area contributed by atoms with E-state index in [0.29, 0.717) is 17.2 Å². The van der Waals surface area contributed by atoms with Gasteiger partial charge >= 0.3 is 0 Å². The standard InChI is InChI=1S/C16H22N2O2/c1-12-4-3-7-16(9-12,11-19)18-15-8-14(20-2)6-5-13(15)10-17/h5-6,8,12,18-19H,3-4,7,9,11H2,1-2H3. The molecule has 0 aliphatic heterocycles. The van der Waals surface area contributed by atoms with Crippen LogP contribution in [0.25, 0.3) is 0 Å². The number of methoxy groups -OCH3 is 1. The summed E-state index contributed by atoms with van der Waals surface area (Å²) in [6, 6.07) is 7.54. The minimum absolute atomic E-state index is 0.0828. The Morgan fingerprint density at radius 3 is 2.95 bits per heavy atom. The molecule has 2 N–H and O–H groups in total. The fraction of sp³-hybridized carbons (Fsp3) is 0.562. The molecule has 108 valence electrons. The van der Waals surface area contributed by atoms with Crippen LogP contribution in [-0.2, 0) is 0 Å². The van der Waals surface area contributed by atoms with Crippen molar-refractivity contribution in [1.29, 1.82) is 5.26 Å². The molecule has 0 amide bonds. The van der Waals surface area contributed by atoms with E-state index in [9.17, 15) is 10.4 Å². The van der Waals surface area contributed by atoms with Gasteiger partial charge in [-0.3, -0.25) is 0 Å². The molecule has 4 nitrogen and oxygen atoms in total. The smallest absolute Gasteiger partial charge is 0.121 e. The first-order valence-electron chi connectivity index (χ1n) is 7.09. The second-order valence-corrected chi connectivity index (χ2v) is 5.79. The summed E-state index contributed by atoms with van der Waals surface area (Å²) in [5, 5.41) is 22.5. The zero-order chi connectivity index (χ0) is 14.6. The van der Waals surface area contributed by atoms with Gasteiger partial charge in [-0.1, -0.05) is 19.8 Å². The van der Waals surface area contributed by atoms with Gasteiger partial charge in [0.2, 0.25) is 0 Å². The van der Waals surface area contributed by atoms with E-state index in [2.05, 4.69) is 18.3 Å². The van der Waals surface area contributed by atoms with Crippen molar-refractivity contribution in [2.45, 2.75) is 38.1 Å². The number of nitrogens with one attached hydrogen (secondary N) is 1. The van der Waals surface area contributed by atoms with Crippen molar-refractivity contribution < 1.29 is 9.84 Å². The Kier molecular flexibility index (Phi) is 4.51. The van der Waals surface area contributed by atoms with Gasteiger partial charge in [-0.25, -0.2) is 0 Å². The Morgan fingerprint density at radius 1 is 1.55 bits per heavy atom. The van der Waals surface area contributed by atoms with E-state index in [1.54, 1.807) is 19.2 Å². The predicted octanol–water partition coefficient (Wildman–Crippen LogP) is 2.92. The molecule has 0 heterocycles. The lowest BCUT2D eigenvalue weighted by Gasteiger charge is -2.40. The van der Waals surface area contributed by atoms with Crippen LogP contribution in [-0.4, -0.2) is 24.4 Å². The molecule has 0 radical (unpaired) electrons. The third kappa shape index (κ3) is 3.05. The maximum absolute atomic E-state index is 9.83. The lowest BCUT2D eigenvalue weighted by molar-refractivity contribution is 0.149. The maximum Gasteiger partial charge on any atom is 0.121 e. The van der Waals surface area contributed by atoms with Gasteiger partial charge in [-0.15, -0.1) is 0 Å². The van der Waals surface area contributed by atoms with Crippen LogP contribution >= 0.6 is 0 Å². The molecule has 1 fully saturated rings. The Hall–Kier alpha value is -1.73. The van der Waals surface area contributed by atoms with Gasteiger partial charge in [0.25, 0.3) is 0 Å². The fourth-order valence-electron chi connectivity index (χ4n) is 3.09. The first-order chi connectivity index (χ1) is 9.62. The van der Waals surface area contributed by atoms with Crippen LogP contribution in [0.3, 0.4) is 0 Å². The number of aliphatic hydroxyl groups excluding tert-OH is 1. The molecule has 1 aliphatic carbocycles. The van der Waals surface area contributed by atoms with Crippen molar-refractivity contribution in [2.75, 3.05) is 19.0 Å². The molecule has 0 spiro atoms. The average Bonchev–Trinajstić information content (AvgIpc) is 2.47. The molecule has 0 saturated heterocycles. The van der Waals surface area contributed by atoms with Crippen LogP contribution in [0.15, 0.2) is 18.2 Å². The van der Waals surface area contributed by atoms with E-state index in [1.807, 2.05) is 6.07 Å². The van der Waals surface area contributed by atoms with E-state index < -0.39 is 0 Å². The quantitative estimate of drug-likeness (QED) is 0.886. The maximum atomic E-state index is 9.83. The largest absolute Gasteiger partial charge is 0.497 e. The number of anilines is 1. The summed E-state index contributed by atoms with van der Waals surface area (Å²) in [6.07, 6.45) is 4.15. The number of aliphatic hydroxyl groups is 1. The highest BCUT2D eigenvalue weighted by atomic mass is 16.5. The van der Waals surface area contributed by atoms with Gasteiger partial charge in [-0.2, -0.15) is 5.26 Å². The minimum Gasteiger partial charge on any atom is -0.497 e. The molecular weight excluding hydrogens is 252 g/mol. The Bertz CT molecular complexity index is 510. The molecule has 1 aromatic rings. The molecule has 4 heteroatoms. The van der Waals surface area contributed by atoms with Crippen molar-refractivity contribution >= 4 is 5.69 Å². The molecular formula is C16H22N2O2. The Labute approximate surface area is 120 Å². The lowest BCUT2D eigenvalue weighted by atomic mass is 9.76. The number of hydrogen-bond acceptors (Lipinski definition) is 4. The molecule has 2 unspecified atom stereocenters. The SMILES string of the molecule is COc1ccc(C#N)c(NC2(CO)CCCC(C)C2)c1. The van der Waals surface area contributed by atoms with Gasteiger partial charge in [-0.05, 0) is 30.9 Å². The molecule has 2 rings (SSSR count). The molecule has 1 aromatic carbocycles. The van der Waals surface area contributed by atoms with E-state index in [-0.39, 0.29) is 12.1 Å². The van der Waals surface area contributed by atoms with Gasteiger partial charge < -0.3 is 15.2 Å². The highest BCUT2D eigenvalue weighted by Gasteiger charge is 2.34. The van der Waals surface area contributed by atoms with Crippen molar-refractivity contribution in [3.05, 3.63) is 23.8 Å². The lowest BCUT2D eigenvalue weighted by Crippen LogP contribution is -2.46. The second kappa shape index (κ2) is 6.15. The number of nitriles is 1. The molecule has 0 bridgehead atoms. The first-order valence-corrected chi connectivity index (χ1v) is 7.09. The zero-order valence-electron chi connectivity index (χ0n) is 12.1. The molecule has 2 atom stereocenters. The first kappa shape index (κ1) is 14.7. The van der Waals surface area contributed by atoms with Crippen molar-refractivity contribution in [2.24, 2.45) is 5.92 Å². The van der Waals surface area contributed by atoms with Crippen LogP contribution in [0.4, 0.5) is 5.69 Å². The predicted molar refractivity (Wildman–Crippen MR) is 78.8 cm³/mol. The van der Waals surface area contributed by atoms with Gasteiger partial charge in [0.15, 0.2) is 0 Å². The summed E-state index contributed by atoms with van der Waals surface area (Å²) < 4.78 is 5.22. The third-order valence-electron chi connectivity index (χ3n) is 4.14. The second-order valence-electron chi connectivity index (χ2n) is 5.79. The Balaban J connectivity index is 2.29. The van der Waals surface area contributed by atoms with Gasteiger partial charge in [0, 0.05) is 6.07 Å². The Morgan fingerprint density at radius 2 is 2.35 bits per heavy atom. The topological polar surface area (TPSA) is 65.3 Å². The number of nitrogens with zero attached hydrogens (tertiary/aromatic N) is 1. The zero-order valence-corrected chi connectivity index (χ0v) is 12.1. The summed E-state index contributed by atoms with van der Waals surface area (Å²) in [6.45, 7) is 2.29. The van der Waals surface area contributed by atoms with E-state index in [0.717, 1.165) is 24.9 Å². The van der Waals surface area contributed by atoms with Gasteiger partial charge in [0.1, 0.15) is 11.8 Å². The molecule has 1 aliphatic rings. The van der Waals surface area contributed by atoms with Crippen molar-refractivity contribution in [3.8, 4) is 11.8 Å². The summed E-state index contributed by atoms with van der Waals surface area (Å²) in [7, 11) is 1.61. The number of hydrogen-bond donors (Lipinski definition) is 2. The number of benzene rings is 1. The summed E-state index contributed by atoms with van der Waals surface area (Å²) >= 11 is 0. The number of ether oxygens (including phenoxy) is 1. The van der Waals surface area contributed by atoms with Crippen LogP contribution in [0.2, 0.25) is 0 Å². The monoisotopic (exact) mass is 274 g/mol. The highest BCUT2D eigenvalue weighted by Crippen LogP contribution is 2.36. The average molecular weight is 274 g/mol. The summed E-state index contributed by atoms with van der Waals surface area (Å²) in [4.78, 5) is 0. The van der Waals surface area contributed by atoms with Crippen molar-refractivity contribution in [3.63, 3.8) is 0 Å². The van der Waals surface area contributed by atoms with Crippen molar-refractivity contribution in [1.82, 2.24) is 0 Å². The van der Waals surface area contributed by atoms with Crippen LogP contribution in [0, 0.1) is 17.2 Å². The normalized spacial score (nSPS) is 25.8. The van der Waals surface area contributed by atoms with Crippen LogP contribution in [0.5, 0.6) is 5.75 Å². The van der Waals surface area contributed by atoms with Gasteiger partial charge in [0.05, 0.1) is 30.5 Å².